The molecule has 0 aliphatic rings. The predicted octanol–water partition coefficient (Wildman–Crippen LogP) is 4.37. The molecule has 1 aromatic heterocycles. The van der Waals surface area contributed by atoms with Gasteiger partial charge in [-0.05, 0) is 18.9 Å². The number of halogens is 3. The second-order valence-corrected chi connectivity index (χ2v) is 4.39. The van der Waals surface area contributed by atoms with E-state index in [0.717, 1.165) is 25.3 Å². The third-order valence-electron chi connectivity index (χ3n) is 2.56. The summed E-state index contributed by atoms with van der Waals surface area (Å²) in [5.74, 6) is 0. The fourth-order valence-corrected chi connectivity index (χ4v) is 1.93. The summed E-state index contributed by atoms with van der Waals surface area (Å²) < 4.78 is 38.2. The zero-order valence-corrected chi connectivity index (χ0v) is 10.7. The molecule has 0 spiro atoms. The van der Waals surface area contributed by atoms with Crippen molar-refractivity contribution in [2.24, 2.45) is 0 Å². The Hall–Kier alpha value is -1.35. The maximum atomic E-state index is 12.8. The molecule has 1 N–H and O–H groups in total. The number of pyridine rings is 1. The highest BCUT2D eigenvalue weighted by Gasteiger charge is 2.34. The molecule has 1 heterocycles. The van der Waals surface area contributed by atoms with Gasteiger partial charge >= 0.3 is 6.18 Å². The van der Waals surface area contributed by atoms with Crippen molar-refractivity contribution in [1.29, 1.82) is 5.26 Å². The summed E-state index contributed by atoms with van der Waals surface area (Å²) in [6, 6.07) is 2.50. The third kappa shape index (κ3) is 3.57. The van der Waals surface area contributed by atoms with Crippen LogP contribution in [0.5, 0.6) is 0 Å². The second-order valence-electron chi connectivity index (χ2n) is 3.98. The van der Waals surface area contributed by atoms with Gasteiger partial charge in [0.2, 0.25) is 0 Å². The standard InChI is InChI=1S/C12H13F3N2S/c1-2-3-4-5-8-6-10(12(13,14)15)9(7-16)11(18)17-8/h6H,2-5H2,1H3,(H,17,18). The second kappa shape index (κ2) is 6.01. The van der Waals surface area contributed by atoms with Crippen LogP contribution in [0.3, 0.4) is 0 Å². The Morgan fingerprint density at radius 3 is 2.56 bits per heavy atom. The van der Waals surface area contributed by atoms with Crippen LogP contribution in [0, 0.1) is 16.0 Å². The van der Waals surface area contributed by atoms with Gasteiger partial charge in [0, 0.05) is 5.69 Å². The van der Waals surface area contributed by atoms with Crippen LogP contribution in [-0.2, 0) is 12.6 Å². The quantitative estimate of drug-likeness (QED) is 0.654. The van der Waals surface area contributed by atoms with Crippen LogP contribution in [0.25, 0.3) is 0 Å². The summed E-state index contributed by atoms with van der Waals surface area (Å²) in [5.41, 5.74) is -1.02. The van der Waals surface area contributed by atoms with Crippen molar-refractivity contribution >= 4 is 12.2 Å². The van der Waals surface area contributed by atoms with E-state index in [1.165, 1.54) is 6.07 Å². The van der Waals surface area contributed by atoms with E-state index >= 15 is 0 Å². The predicted molar refractivity (Wildman–Crippen MR) is 64.6 cm³/mol. The number of aromatic nitrogens is 1. The Balaban J connectivity index is 3.16. The Kier molecular flexibility index (Phi) is 4.91. The zero-order chi connectivity index (χ0) is 13.8. The fraction of sp³-hybridized carbons (Fsp3) is 0.500. The molecule has 0 saturated carbocycles. The summed E-state index contributed by atoms with van der Waals surface area (Å²) in [4.78, 5) is 2.69. The van der Waals surface area contributed by atoms with Crippen molar-refractivity contribution in [3.63, 3.8) is 0 Å². The van der Waals surface area contributed by atoms with Gasteiger partial charge in [0.05, 0.1) is 11.1 Å². The molecule has 2 nitrogen and oxygen atoms in total. The molecule has 98 valence electrons. The molecule has 0 atom stereocenters. The first-order valence-electron chi connectivity index (χ1n) is 5.63. The number of nitrogens with one attached hydrogen (secondary N) is 1. The Labute approximate surface area is 108 Å². The zero-order valence-electron chi connectivity index (χ0n) is 9.90. The molecule has 0 unspecified atom stereocenters. The number of hydrogen-bond acceptors (Lipinski definition) is 2. The van der Waals surface area contributed by atoms with E-state index in [2.05, 4.69) is 4.98 Å². The Morgan fingerprint density at radius 2 is 2.06 bits per heavy atom. The highest BCUT2D eigenvalue weighted by Crippen LogP contribution is 2.32. The number of aromatic amines is 1. The molecule has 0 aliphatic carbocycles. The lowest BCUT2D eigenvalue weighted by atomic mass is 10.1. The normalized spacial score (nSPS) is 11.3. The third-order valence-corrected chi connectivity index (χ3v) is 2.86. The van der Waals surface area contributed by atoms with Gasteiger partial charge in [-0.2, -0.15) is 18.4 Å². The van der Waals surface area contributed by atoms with Crippen LogP contribution in [0.15, 0.2) is 6.07 Å². The summed E-state index contributed by atoms with van der Waals surface area (Å²) in [7, 11) is 0. The molecule has 0 saturated heterocycles. The lowest BCUT2D eigenvalue weighted by Gasteiger charge is -2.11. The topological polar surface area (TPSA) is 39.6 Å². The maximum absolute atomic E-state index is 12.8. The van der Waals surface area contributed by atoms with E-state index in [0.29, 0.717) is 12.1 Å². The Bertz CT molecular complexity index is 512. The van der Waals surface area contributed by atoms with Gasteiger partial charge in [-0.15, -0.1) is 0 Å². The van der Waals surface area contributed by atoms with Crippen molar-refractivity contribution in [2.75, 3.05) is 0 Å². The van der Waals surface area contributed by atoms with Crippen LogP contribution in [0.2, 0.25) is 0 Å². The number of nitriles is 1. The highest BCUT2D eigenvalue weighted by atomic mass is 32.1. The van der Waals surface area contributed by atoms with Crippen molar-refractivity contribution in [3.8, 4) is 6.07 Å². The van der Waals surface area contributed by atoms with Gasteiger partial charge in [-0.25, -0.2) is 0 Å². The number of hydrogen-bond donors (Lipinski definition) is 1. The van der Waals surface area contributed by atoms with E-state index in [1.54, 1.807) is 0 Å². The molecule has 0 fully saturated rings. The van der Waals surface area contributed by atoms with Crippen molar-refractivity contribution in [2.45, 2.75) is 38.8 Å². The van der Waals surface area contributed by atoms with E-state index in [4.69, 9.17) is 17.5 Å². The highest BCUT2D eigenvalue weighted by molar-refractivity contribution is 7.71. The lowest BCUT2D eigenvalue weighted by Crippen LogP contribution is -2.10. The first kappa shape index (κ1) is 14.7. The molecule has 1 rings (SSSR count). The molecule has 0 aromatic carbocycles. The van der Waals surface area contributed by atoms with E-state index in [9.17, 15) is 13.2 Å². The lowest BCUT2D eigenvalue weighted by molar-refractivity contribution is -0.137. The number of unbranched alkanes of at least 4 members (excludes halogenated alkanes) is 2. The van der Waals surface area contributed by atoms with Crippen LogP contribution in [-0.4, -0.2) is 4.98 Å². The minimum atomic E-state index is -4.55. The molecule has 18 heavy (non-hydrogen) atoms. The number of nitrogens with zero attached hydrogens (tertiary/aromatic N) is 1. The average molecular weight is 274 g/mol. The molecule has 0 radical (unpaired) electrons. The van der Waals surface area contributed by atoms with Crippen LogP contribution >= 0.6 is 12.2 Å². The number of aryl methyl sites for hydroxylation is 1. The maximum Gasteiger partial charge on any atom is 0.417 e. The summed E-state index contributed by atoms with van der Waals surface area (Å²) in [6.45, 7) is 2.02. The van der Waals surface area contributed by atoms with Gasteiger partial charge in [-0.1, -0.05) is 32.0 Å². The molecule has 6 heteroatoms. The van der Waals surface area contributed by atoms with Gasteiger partial charge in [0.1, 0.15) is 10.7 Å². The largest absolute Gasteiger partial charge is 0.417 e. The van der Waals surface area contributed by atoms with Gasteiger partial charge < -0.3 is 4.98 Å². The molecular formula is C12H13F3N2S. The smallest absolute Gasteiger partial charge is 0.349 e. The number of H-pyrrole nitrogens is 1. The van der Waals surface area contributed by atoms with Gasteiger partial charge in [0.25, 0.3) is 0 Å². The number of alkyl halides is 3. The van der Waals surface area contributed by atoms with Gasteiger partial charge in [-0.3, -0.25) is 0 Å². The summed E-state index contributed by atoms with van der Waals surface area (Å²) in [6.07, 6.45) is -1.31. The minimum absolute atomic E-state index is 0.140. The SMILES string of the molecule is CCCCCc1cc(C(F)(F)F)c(C#N)c(=S)[nH]1. The molecule has 0 aliphatic heterocycles. The van der Waals surface area contributed by atoms with Crippen molar-refractivity contribution in [3.05, 3.63) is 27.5 Å². The number of rotatable bonds is 4. The molecular weight excluding hydrogens is 261 g/mol. The molecule has 0 bridgehead atoms. The first-order chi connectivity index (χ1) is 8.40. The fourth-order valence-electron chi connectivity index (χ4n) is 1.65. The van der Waals surface area contributed by atoms with Crippen LogP contribution < -0.4 is 0 Å². The van der Waals surface area contributed by atoms with Crippen molar-refractivity contribution in [1.82, 2.24) is 4.98 Å². The van der Waals surface area contributed by atoms with E-state index < -0.39 is 17.3 Å². The summed E-state index contributed by atoms with van der Waals surface area (Å²) >= 11 is 4.80. The molecule has 1 aromatic rings. The van der Waals surface area contributed by atoms with Crippen LogP contribution in [0.4, 0.5) is 13.2 Å². The molecule has 0 amide bonds. The minimum Gasteiger partial charge on any atom is -0.349 e. The monoisotopic (exact) mass is 274 g/mol. The van der Waals surface area contributed by atoms with Crippen LogP contribution in [0.1, 0.15) is 43.0 Å². The average Bonchev–Trinajstić information content (AvgIpc) is 2.27. The van der Waals surface area contributed by atoms with E-state index in [-0.39, 0.29) is 4.64 Å². The van der Waals surface area contributed by atoms with E-state index in [1.807, 2.05) is 6.92 Å². The summed E-state index contributed by atoms with van der Waals surface area (Å²) in [5, 5.41) is 8.73. The van der Waals surface area contributed by atoms with Crippen molar-refractivity contribution < 1.29 is 13.2 Å². The Morgan fingerprint density at radius 1 is 1.39 bits per heavy atom. The van der Waals surface area contributed by atoms with Gasteiger partial charge in [0.15, 0.2) is 0 Å². The first-order valence-corrected chi connectivity index (χ1v) is 6.04.